The number of fused-ring (bicyclic) bond motifs is 1. The van der Waals surface area contributed by atoms with Crippen molar-refractivity contribution in [1.29, 1.82) is 0 Å². The fraction of sp³-hybridized carbons (Fsp3) is 0.412. The van der Waals surface area contributed by atoms with E-state index in [1.165, 1.54) is 0 Å². The third-order valence-electron chi connectivity index (χ3n) is 4.16. The van der Waals surface area contributed by atoms with Crippen molar-refractivity contribution in [3.05, 3.63) is 47.2 Å². The first-order valence-corrected chi connectivity index (χ1v) is 8.25. The van der Waals surface area contributed by atoms with Gasteiger partial charge in [-0.05, 0) is 32.4 Å². The van der Waals surface area contributed by atoms with Crippen LogP contribution in [0.4, 0.5) is 4.79 Å². The maximum atomic E-state index is 12.2. The van der Waals surface area contributed by atoms with Gasteiger partial charge in [-0.1, -0.05) is 11.2 Å². The molecule has 25 heavy (non-hydrogen) atoms. The van der Waals surface area contributed by atoms with Crippen LogP contribution in [0.5, 0.6) is 0 Å². The molecule has 0 aliphatic rings. The first kappa shape index (κ1) is 16.9. The van der Waals surface area contributed by atoms with Crippen LogP contribution in [0.25, 0.3) is 5.65 Å². The zero-order valence-corrected chi connectivity index (χ0v) is 14.7. The lowest BCUT2D eigenvalue weighted by Gasteiger charge is -2.17. The number of carbonyl (C=O) groups is 1. The van der Waals surface area contributed by atoms with Crippen LogP contribution in [0.15, 0.2) is 28.9 Å². The third kappa shape index (κ3) is 3.78. The molecule has 3 aromatic heterocycles. The number of rotatable bonds is 6. The third-order valence-corrected chi connectivity index (χ3v) is 4.16. The van der Waals surface area contributed by atoms with E-state index in [1.807, 2.05) is 42.6 Å². The molecule has 0 aliphatic heterocycles. The Kier molecular flexibility index (Phi) is 4.97. The molecule has 3 aromatic rings. The van der Waals surface area contributed by atoms with Crippen molar-refractivity contribution >= 4 is 11.7 Å². The molecular weight excluding hydrogens is 320 g/mol. The van der Waals surface area contributed by atoms with Crippen LogP contribution in [-0.2, 0) is 13.0 Å². The smallest absolute Gasteiger partial charge is 0.317 e. The lowest BCUT2D eigenvalue weighted by Crippen LogP contribution is -2.37. The largest absolute Gasteiger partial charge is 0.361 e. The molecule has 1 N–H and O–H groups in total. The van der Waals surface area contributed by atoms with Crippen molar-refractivity contribution in [2.45, 2.75) is 33.2 Å². The van der Waals surface area contributed by atoms with Gasteiger partial charge in [0, 0.05) is 31.8 Å². The highest BCUT2D eigenvalue weighted by Gasteiger charge is 2.15. The zero-order valence-electron chi connectivity index (χ0n) is 14.7. The van der Waals surface area contributed by atoms with Gasteiger partial charge in [0.25, 0.3) is 0 Å². The van der Waals surface area contributed by atoms with E-state index >= 15 is 0 Å². The summed E-state index contributed by atoms with van der Waals surface area (Å²) in [6, 6.07) is 5.68. The molecule has 0 aromatic carbocycles. The van der Waals surface area contributed by atoms with Gasteiger partial charge in [-0.25, -0.2) is 4.79 Å². The number of hydrogen-bond donors (Lipinski definition) is 1. The number of aromatic nitrogens is 4. The molecule has 0 saturated carbocycles. The summed E-state index contributed by atoms with van der Waals surface area (Å²) in [5, 5.41) is 15.1. The fourth-order valence-corrected chi connectivity index (χ4v) is 2.67. The maximum absolute atomic E-state index is 12.2. The van der Waals surface area contributed by atoms with Gasteiger partial charge in [-0.3, -0.25) is 4.40 Å². The van der Waals surface area contributed by atoms with Gasteiger partial charge in [-0.2, -0.15) is 0 Å². The summed E-state index contributed by atoms with van der Waals surface area (Å²) in [5.74, 6) is 1.64. The van der Waals surface area contributed by atoms with Gasteiger partial charge in [0.15, 0.2) is 5.65 Å². The SMILES string of the molecule is Cc1noc(C)c1CN(C)C(=O)NCCCc1nnc2ccccn12. The van der Waals surface area contributed by atoms with Crippen LogP contribution in [0.2, 0.25) is 0 Å². The Hall–Kier alpha value is -2.90. The normalized spacial score (nSPS) is 11.0. The van der Waals surface area contributed by atoms with Gasteiger partial charge in [0.05, 0.1) is 12.2 Å². The van der Waals surface area contributed by atoms with E-state index in [-0.39, 0.29) is 6.03 Å². The fourth-order valence-electron chi connectivity index (χ4n) is 2.67. The average molecular weight is 342 g/mol. The summed E-state index contributed by atoms with van der Waals surface area (Å²) >= 11 is 0. The summed E-state index contributed by atoms with van der Waals surface area (Å²) in [4.78, 5) is 13.8. The molecule has 0 atom stereocenters. The van der Waals surface area contributed by atoms with E-state index in [0.29, 0.717) is 13.1 Å². The van der Waals surface area contributed by atoms with Crippen LogP contribution >= 0.6 is 0 Å². The lowest BCUT2D eigenvalue weighted by molar-refractivity contribution is 0.206. The number of amides is 2. The van der Waals surface area contributed by atoms with Crippen molar-refractivity contribution in [1.82, 2.24) is 30.0 Å². The Labute approximate surface area is 145 Å². The monoisotopic (exact) mass is 342 g/mol. The van der Waals surface area contributed by atoms with Gasteiger partial charge in [0.1, 0.15) is 11.6 Å². The summed E-state index contributed by atoms with van der Waals surface area (Å²) in [6.45, 7) is 4.78. The Balaban J connectivity index is 1.46. The highest BCUT2D eigenvalue weighted by atomic mass is 16.5. The van der Waals surface area contributed by atoms with Crippen molar-refractivity contribution in [3.63, 3.8) is 0 Å². The lowest BCUT2D eigenvalue weighted by atomic mass is 10.2. The summed E-state index contributed by atoms with van der Waals surface area (Å²) < 4.78 is 7.09. The highest BCUT2D eigenvalue weighted by molar-refractivity contribution is 5.73. The maximum Gasteiger partial charge on any atom is 0.317 e. The number of hydrogen-bond acceptors (Lipinski definition) is 5. The average Bonchev–Trinajstić information content (AvgIpc) is 3.16. The molecule has 0 spiro atoms. The minimum atomic E-state index is -0.119. The molecule has 3 rings (SSSR count). The molecule has 3 heterocycles. The Morgan fingerprint density at radius 2 is 2.16 bits per heavy atom. The predicted octanol–water partition coefficient (Wildman–Crippen LogP) is 2.11. The Morgan fingerprint density at radius 3 is 2.92 bits per heavy atom. The molecular formula is C17H22N6O2. The van der Waals surface area contributed by atoms with Crippen LogP contribution in [0.1, 0.15) is 29.3 Å². The minimum absolute atomic E-state index is 0.119. The van der Waals surface area contributed by atoms with Crippen molar-refractivity contribution < 1.29 is 9.32 Å². The van der Waals surface area contributed by atoms with Crippen molar-refractivity contribution in [2.24, 2.45) is 0 Å². The first-order chi connectivity index (χ1) is 12.1. The van der Waals surface area contributed by atoms with Gasteiger partial charge < -0.3 is 14.7 Å². The molecule has 0 bridgehead atoms. The predicted molar refractivity (Wildman–Crippen MR) is 92.2 cm³/mol. The number of urea groups is 1. The van der Waals surface area contributed by atoms with Crippen molar-refractivity contribution in [2.75, 3.05) is 13.6 Å². The topological polar surface area (TPSA) is 88.6 Å². The summed E-state index contributed by atoms with van der Waals surface area (Å²) in [6.07, 6.45) is 3.49. The van der Waals surface area contributed by atoms with Crippen LogP contribution in [0, 0.1) is 13.8 Å². The molecule has 8 heteroatoms. The molecule has 2 amide bonds. The first-order valence-electron chi connectivity index (χ1n) is 8.25. The van der Waals surface area contributed by atoms with Crippen LogP contribution in [-0.4, -0.2) is 44.3 Å². The number of aryl methyl sites for hydroxylation is 3. The van der Waals surface area contributed by atoms with Gasteiger partial charge >= 0.3 is 6.03 Å². The van der Waals surface area contributed by atoms with E-state index in [0.717, 1.165) is 41.3 Å². The summed E-state index contributed by atoms with van der Waals surface area (Å²) in [5.41, 5.74) is 2.60. The Morgan fingerprint density at radius 1 is 1.32 bits per heavy atom. The standard InChI is InChI=1S/C17H22N6O2/c1-12-14(13(2)25-21-12)11-22(3)17(24)18-9-6-8-16-20-19-15-7-4-5-10-23(15)16/h4-5,7,10H,6,8-9,11H2,1-3H3,(H,18,24). The second-order valence-corrected chi connectivity index (χ2v) is 6.04. The second-order valence-electron chi connectivity index (χ2n) is 6.04. The zero-order chi connectivity index (χ0) is 17.8. The second kappa shape index (κ2) is 7.33. The molecule has 0 saturated heterocycles. The number of pyridine rings is 1. The Bertz CT molecular complexity index is 850. The number of nitrogens with one attached hydrogen (secondary N) is 1. The molecule has 0 radical (unpaired) electrons. The molecule has 0 unspecified atom stereocenters. The van der Waals surface area contributed by atoms with Crippen LogP contribution in [0.3, 0.4) is 0 Å². The summed E-state index contributed by atoms with van der Waals surface area (Å²) in [7, 11) is 1.76. The van der Waals surface area contributed by atoms with E-state index < -0.39 is 0 Å². The number of carbonyl (C=O) groups excluding carboxylic acids is 1. The minimum Gasteiger partial charge on any atom is -0.361 e. The van der Waals surface area contributed by atoms with Crippen molar-refractivity contribution in [3.8, 4) is 0 Å². The molecule has 8 nitrogen and oxygen atoms in total. The van der Waals surface area contributed by atoms with E-state index in [4.69, 9.17) is 4.52 Å². The number of nitrogens with zero attached hydrogens (tertiary/aromatic N) is 5. The highest BCUT2D eigenvalue weighted by Crippen LogP contribution is 2.14. The quantitative estimate of drug-likeness (QED) is 0.693. The van der Waals surface area contributed by atoms with Gasteiger partial charge in [-0.15, -0.1) is 10.2 Å². The van der Waals surface area contributed by atoms with E-state index in [2.05, 4.69) is 20.7 Å². The molecule has 0 aliphatic carbocycles. The molecule has 0 fully saturated rings. The van der Waals surface area contributed by atoms with E-state index in [9.17, 15) is 4.79 Å². The van der Waals surface area contributed by atoms with Gasteiger partial charge in [0.2, 0.25) is 0 Å². The molecule has 132 valence electrons. The van der Waals surface area contributed by atoms with E-state index in [1.54, 1.807) is 11.9 Å². The van der Waals surface area contributed by atoms with Crippen LogP contribution < -0.4 is 5.32 Å².